The summed E-state index contributed by atoms with van der Waals surface area (Å²) in [6.07, 6.45) is 1.74. The van der Waals surface area contributed by atoms with Gasteiger partial charge in [0.2, 0.25) is 5.88 Å². The lowest BCUT2D eigenvalue weighted by molar-refractivity contribution is 0.392. The Balaban J connectivity index is 2.38. The first-order valence-electron chi connectivity index (χ1n) is 4.83. The van der Waals surface area contributed by atoms with E-state index in [4.69, 9.17) is 4.74 Å². The molecule has 17 heavy (non-hydrogen) atoms. The highest BCUT2D eigenvalue weighted by atomic mass is 127. The average molecular weight is 343 g/mol. The van der Waals surface area contributed by atoms with Gasteiger partial charge in [-0.15, -0.1) is 10.2 Å². The summed E-state index contributed by atoms with van der Waals surface area (Å²) in [5, 5.41) is 10.9. The first-order valence-corrected chi connectivity index (χ1v) is 5.91. The number of rotatable bonds is 3. The maximum absolute atomic E-state index is 4.94. The van der Waals surface area contributed by atoms with E-state index in [1.807, 2.05) is 7.05 Å². The monoisotopic (exact) mass is 343 g/mol. The van der Waals surface area contributed by atoms with Crippen LogP contribution < -0.4 is 10.1 Å². The smallest absolute Gasteiger partial charge is 0.233 e. The number of hydrogen-bond donors (Lipinski definition) is 1. The molecule has 2 rings (SSSR count). The van der Waals surface area contributed by atoms with Gasteiger partial charge in [0.1, 0.15) is 11.5 Å². The molecule has 0 radical (unpaired) electrons. The van der Waals surface area contributed by atoms with Crippen LogP contribution in [-0.4, -0.2) is 34.3 Å². The van der Waals surface area contributed by atoms with E-state index in [9.17, 15) is 0 Å². The Morgan fingerprint density at radius 1 is 1.29 bits per heavy atom. The molecule has 0 spiro atoms. The molecule has 0 saturated heterocycles. The fourth-order valence-corrected chi connectivity index (χ4v) is 1.74. The first kappa shape index (κ1) is 12.0. The second-order valence-corrected chi connectivity index (χ2v) is 4.26. The van der Waals surface area contributed by atoms with E-state index in [0.29, 0.717) is 17.4 Å². The van der Waals surface area contributed by atoms with E-state index < -0.39 is 0 Å². The van der Waals surface area contributed by atoms with Gasteiger partial charge in [-0.1, -0.05) is 0 Å². The summed E-state index contributed by atoms with van der Waals surface area (Å²) in [5.41, 5.74) is 0.610. The van der Waals surface area contributed by atoms with Gasteiger partial charge >= 0.3 is 0 Å². The molecule has 88 valence electrons. The highest BCUT2D eigenvalue weighted by Gasteiger charge is 2.07. The van der Waals surface area contributed by atoms with Gasteiger partial charge in [-0.05, 0) is 28.7 Å². The topological polar surface area (TPSA) is 72.8 Å². The lowest BCUT2D eigenvalue weighted by atomic mass is 10.3. The predicted molar refractivity (Wildman–Crippen MR) is 71.9 cm³/mol. The molecule has 7 heteroatoms. The third kappa shape index (κ3) is 2.60. The van der Waals surface area contributed by atoms with E-state index in [0.717, 1.165) is 9.39 Å². The summed E-state index contributed by atoms with van der Waals surface area (Å²) in [6.45, 7) is 0. The molecule has 2 heterocycles. The Bertz CT molecular complexity index is 517. The fourth-order valence-electron chi connectivity index (χ4n) is 1.21. The van der Waals surface area contributed by atoms with Crippen molar-refractivity contribution >= 4 is 28.4 Å². The highest BCUT2D eigenvalue weighted by molar-refractivity contribution is 14.1. The van der Waals surface area contributed by atoms with Crippen LogP contribution in [0.25, 0.3) is 11.5 Å². The number of ether oxygens (including phenoxy) is 1. The standard InChI is InChI=1S/C10H10IN5O/c1-12-9-6(11)5-13-10(14-9)7-3-4-8(17-2)16-15-7/h3-5H,1-2H3,(H,12,13,14). The zero-order valence-corrected chi connectivity index (χ0v) is 11.5. The molecule has 0 amide bonds. The second kappa shape index (κ2) is 5.21. The van der Waals surface area contributed by atoms with Crippen LogP contribution in [0.3, 0.4) is 0 Å². The van der Waals surface area contributed by atoms with E-state index in [1.54, 1.807) is 25.4 Å². The Morgan fingerprint density at radius 2 is 2.12 bits per heavy atom. The van der Waals surface area contributed by atoms with Crippen molar-refractivity contribution in [3.8, 4) is 17.4 Å². The molecule has 0 aliphatic rings. The quantitative estimate of drug-likeness (QED) is 0.854. The van der Waals surface area contributed by atoms with Crippen molar-refractivity contribution in [1.82, 2.24) is 20.2 Å². The number of aromatic nitrogens is 4. The molecule has 2 aromatic heterocycles. The van der Waals surface area contributed by atoms with Gasteiger partial charge in [0.25, 0.3) is 0 Å². The fraction of sp³-hybridized carbons (Fsp3) is 0.200. The lowest BCUT2D eigenvalue weighted by Crippen LogP contribution is -2.01. The van der Waals surface area contributed by atoms with Gasteiger partial charge in [0.15, 0.2) is 5.82 Å². The Kier molecular flexibility index (Phi) is 3.67. The van der Waals surface area contributed by atoms with Crippen LogP contribution in [0.1, 0.15) is 0 Å². The zero-order valence-electron chi connectivity index (χ0n) is 9.31. The number of hydrogen-bond acceptors (Lipinski definition) is 6. The minimum Gasteiger partial charge on any atom is -0.480 e. The van der Waals surface area contributed by atoms with Crippen molar-refractivity contribution in [3.63, 3.8) is 0 Å². The number of anilines is 1. The van der Waals surface area contributed by atoms with E-state index >= 15 is 0 Å². The summed E-state index contributed by atoms with van der Waals surface area (Å²) in [4.78, 5) is 8.55. The number of methoxy groups -OCH3 is 1. The largest absolute Gasteiger partial charge is 0.480 e. The maximum Gasteiger partial charge on any atom is 0.233 e. The van der Waals surface area contributed by atoms with Crippen LogP contribution in [0.2, 0.25) is 0 Å². The molecule has 0 unspecified atom stereocenters. The molecule has 1 N–H and O–H groups in total. The van der Waals surface area contributed by atoms with Crippen LogP contribution in [0, 0.1) is 3.57 Å². The Hall–Kier alpha value is -1.51. The summed E-state index contributed by atoms with van der Waals surface area (Å²) < 4.78 is 5.90. The molecule has 0 aliphatic carbocycles. The van der Waals surface area contributed by atoms with Crippen molar-refractivity contribution in [3.05, 3.63) is 21.9 Å². The van der Waals surface area contributed by atoms with Crippen LogP contribution in [0.15, 0.2) is 18.3 Å². The minimum absolute atomic E-state index is 0.466. The molecule has 0 bridgehead atoms. The van der Waals surface area contributed by atoms with Crippen LogP contribution in [0.5, 0.6) is 5.88 Å². The molecule has 6 nitrogen and oxygen atoms in total. The van der Waals surface area contributed by atoms with Crippen molar-refractivity contribution in [1.29, 1.82) is 0 Å². The maximum atomic E-state index is 4.94. The van der Waals surface area contributed by atoms with Gasteiger partial charge in [0.05, 0.1) is 10.7 Å². The molecule has 0 aromatic carbocycles. The SMILES string of the molecule is CNc1nc(-c2ccc(OC)nn2)ncc1I. The summed E-state index contributed by atoms with van der Waals surface area (Å²) in [7, 11) is 3.36. The highest BCUT2D eigenvalue weighted by Crippen LogP contribution is 2.19. The Morgan fingerprint density at radius 3 is 2.71 bits per heavy atom. The van der Waals surface area contributed by atoms with Crippen molar-refractivity contribution < 1.29 is 4.74 Å². The van der Waals surface area contributed by atoms with E-state index in [2.05, 4.69) is 48.1 Å². The summed E-state index contributed by atoms with van der Waals surface area (Å²) in [5.74, 6) is 1.77. The van der Waals surface area contributed by atoms with Crippen LogP contribution in [-0.2, 0) is 0 Å². The van der Waals surface area contributed by atoms with Crippen LogP contribution >= 0.6 is 22.6 Å². The Labute approximate surface area is 112 Å². The number of nitrogens with one attached hydrogen (secondary N) is 1. The molecule has 0 aliphatic heterocycles. The third-order valence-electron chi connectivity index (χ3n) is 2.06. The van der Waals surface area contributed by atoms with Gasteiger partial charge < -0.3 is 10.1 Å². The van der Waals surface area contributed by atoms with Gasteiger partial charge in [0, 0.05) is 19.3 Å². The molecule has 0 saturated carbocycles. The minimum atomic E-state index is 0.466. The molecule has 0 fully saturated rings. The molecule has 2 aromatic rings. The van der Waals surface area contributed by atoms with E-state index in [1.165, 1.54) is 0 Å². The lowest BCUT2D eigenvalue weighted by Gasteiger charge is -2.04. The number of nitrogens with zero attached hydrogens (tertiary/aromatic N) is 4. The first-order chi connectivity index (χ1) is 8.24. The predicted octanol–water partition coefficient (Wildman–Crippen LogP) is 1.59. The van der Waals surface area contributed by atoms with Gasteiger partial charge in [-0.25, -0.2) is 9.97 Å². The van der Waals surface area contributed by atoms with Crippen LogP contribution in [0.4, 0.5) is 5.82 Å². The zero-order chi connectivity index (χ0) is 12.3. The molecular formula is C10H10IN5O. The van der Waals surface area contributed by atoms with Crippen molar-refractivity contribution in [2.75, 3.05) is 19.5 Å². The molecular weight excluding hydrogens is 333 g/mol. The third-order valence-corrected chi connectivity index (χ3v) is 2.85. The van der Waals surface area contributed by atoms with Gasteiger partial charge in [-0.2, -0.15) is 0 Å². The van der Waals surface area contributed by atoms with E-state index in [-0.39, 0.29) is 0 Å². The molecule has 0 atom stereocenters. The van der Waals surface area contributed by atoms with Crippen molar-refractivity contribution in [2.45, 2.75) is 0 Å². The summed E-state index contributed by atoms with van der Waals surface area (Å²) in [6, 6.07) is 3.50. The van der Waals surface area contributed by atoms with Gasteiger partial charge in [-0.3, -0.25) is 0 Å². The average Bonchev–Trinajstić information content (AvgIpc) is 2.39. The van der Waals surface area contributed by atoms with Crippen molar-refractivity contribution in [2.24, 2.45) is 0 Å². The second-order valence-electron chi connectivity index (χ2n) is 3.10. The summed E-state index contributed by atoms with van der Waals surface area (Å²) >= 11 is 2.16. The normalized spacial score (nSPS) is 10.1. The number of halogens is 1.